The van der Waals surface area contributed by atoms with Gasteiger partial charge >= 0.3 is 0 Å². The number of aliphatic hydroxyl groups excluding tert-OH is 1. The SMILES string of the molecule is CSC1CCCC(NS(=O)(=O)c2ccc(CO)cc2F)C1. The zero-order chi connectivity index (χ0) is 15.5. The average molecular weight is 333 g/mol. The predicted molar refractivity (Wildman–Crippen MR) is 82.2 cm³/mol. The van der Waals surface area contributed by atoms with E-state index in [-0.39, 0.29) is 17.5 Å². The van der Waals surface area contributed by atoms with Crippen molar-refractivity contribution in [3.05, 3.63) is 29.6 Å². The van der Waals surface area contributed by atoms with Gasteiger partial charge in [0.1, 0.15) is 10.7 Å². The lowest BCUT2D eigenvalue weighted by atomic mass is 9.96. The maximum Gasteiger partial charge on any atom is 0.243 e. The summed E-state index contributed by atoms with van der Waals surface area (Å²) in [5.74, 6) is -0.828. The molecule has 0 saturated heterocycles. The molecule has 0 amide bonds. The number of sulfonamides is 1. The fourth-order valence-corrected chi connectivity index (χ4v) is 4.78. The molecule has 1 aliphatic carbocycles. The number of hydrogen-bond acceptors (Lipinski definition) is 4. The lowest BCUT2D eigenvalue weighted by Gasteiger charge is -2.28. The molecule has 21 heavy (non-hydrogen) atoms. The molecule has 1 aliphatic rings. The van der Waals surface area contributed by atoms with Crippen LogP contribution in [0.3, 0.4) is 0 Å². The van der Waals surface area contributed by atoms with Gasteiger partial charge in [-0.15, -0.1) is 0 Å². The number of halogens is 1. The van der Waals surface area contributed by atoms with Crippen molar-refractivity contribution in [1.82, 2.24) is 4.72 Å². The number of benzene rings is 1. The molecule has 1 saturated carbocycles. The van der Waals surface area contributed by atoms with Crippen molar-refractivity contribution < 1.29 is 17.9 Å². The maximum absolute atomic E-state index is 13.9. The van der Waals surface area contributed by atoms with E-state index in [9.17, 15) is 12.8 Å². The molecule has 2 N–H and O–H groups in total. The Morgan fingerprint density at radius 2 is 2.19 bits per heavy atom. The molecule has 1 aromatic carbocycles. The minimum absolute atomic E-state index is 0.141. The van der Waals surface area contributed by atoms with E-state index >= 15 is 0 Å². The molecule has 2 atom stereocenters. The van der Waals surface area contributed by atoms with E-state index in [2.05, 4.69) is 4.72 Å². The molecule has 1 aromatic rings. The van der Waals surface area contributed by atoms with Crippen molar-refractivity contribution in [2.75, 3.05) is 6.26 Å². The number of thioether (sulfide) groups is 1. The Balaban J connectivity index is 2.14. The molecule has 118 valence electrons. The first-order chi connectivity index (χ1) is 9.96. The Hall–Kier alpha value is -0.630. The molecule has 0 radical (unpaired) electrons. The van der Waals surface area contributed by atoms with E-state index in [0.717, 1.165) is 31.7 Å². The molecule has 0 spiro atoms. The molecular weight excluding hydrogens is 313 g/mol. The third-order valence-electron chi connectivity index (χ3n) is 3.75. The van der Waals surface area contributed by atoms with Crippen LogP contribution in [0, 0.1) is 5.82 Å². The van der Waals surface area contributed by atoms with Gasteiger partial charge in [-0.3, -0.25) is 0 Å². The van der Waals surface area contributed by atoms with Crippen LogP contribution in [-0.2, 0) is 16.6 Å². The van der Waals surface area contributed by atoms with Crippen LogP contribution in [0.2, 0.25) is 0 Å². The second-order valence-corrected chi connectivity index (χ2v) is 8.09. The number of nitrogens with one attached hydrogen (secondary N) is 1. The van der Waals surface area contributed by atoms with Gasteiger partial charge < -0.3 is 5.11 Å². The summed E-state index contributed by atoms with van der Waals surface area (Å²) in [6.07, 6.45) is 5.65. The number of aliphatic hydroxyl groups is 1. The van der Waals surface area contributed by atoms with Crippen molar-refractivity contribution in [3.8, 4) is 0 Å². The third-order valence-corrected chi connectivity index (χ3v) is 6.40. The van der Waals surface area contributed by atoms with Gasteiger partial charge in [-0.05, 0) is 43.2 Å². The standard InChI is InChI=1S/C14H20FNO3S2/c1-20-12-4-2-3-11(8-12)16-21(18,19)14-6-5-10(9-17)7-13(14)15/h5-7,11-12,16-17H,2-4,8-9H2,1H3. The Morgan fingerprint density at radius 3 is 2.81 bits per heavy atom. The van der Waals surface area contributed by atoms with Crippen LogP contribution < -0.4 is 4.72 Å². The number of rotatable bonds is 5. The topological polar surface area (TPSA) is 66.4 Å². The van der Waals surface area contributed by atoms with Crippen molar-refractivity contribution in [2.45, 2.75) is 48.5 Å². The van der Waals surface area contributed by atoms with Crippen LogP contribution in [0.25, 0.3) is 0 Å². The van der Waals surface area contributed by atoms with E-state index in [4.69, 9.17) is 5.11 Å². The fourth-order valence-electron chi connectivity index (χ4n) is 2.61. The second-order valence-electron chi connectivity index (χ2n) is 5.27. The summed E-state index contributed by atoms with van der Waals surface area (Å²) in [6, 6.07) is 3.54. The smallest absolute Gasteiger partial charge is 0.243 e. The molecule has 0 aromatic heterocycles. The molecule has 1 fully saturated rings. The molecule has 4 nitrogen and oxygen atoms in total. The van der Waals surface area contributed by atoms with E-state index in [1.807, 2.05) is 6.26 Å². The summed E-state index contributed by atoms with van der Waals surface area (Å²) in [4.78, 5) is -0.356. The summed E-state index contributed by atoms with van der Waals surface area (Å²) >= 11 is 1.74. The minimum Gasteiger partial charge on any atom is -0.392 e. The zero-order valence-electron chi connectivity index (χ0n) is 11.9. The van der Waals surface area contributed by atoms with Crippen LogP contribution in [0.5, 0.6) is 0 Å². The predicted octanol–water partition coefficient (Wildman–Crippen LogP) is 2.27. The van der Waals surface area contributed by atoms with Gasteiger partial charge in [-0.1, -0.05) is 12.5 Å². The van der Waals surface area contributed by atoms with Crippen molar-refractivity contribution >= 4 is 21.8 Å². The first-order valence-electron chi connectivity index (χ1n) is 6.90. The molecule has 0 aliphatic heterocycles. The lowest BCUT2D eigenvalue weighted by Crippen LogP contribution is -2.39. The van der Waals surface area contributed by atoms with Crippen molar-refractivity contribution in [2.24, 2.45) is 0 Å². The van der Waals surface area contributed by atoms with Crippen LogP contribution >= 0.6 is 11.8 Å². The molecular formula is C14H20FNO3S2. The summed E-state index contributed by atoms with van der Waals surface area (Å²) in [5, 5.41) is 9.39. The van der Waals surface area contributed by atoms with Gasteiger partial charge in [0.15, 0.2) is 0 Å². The highest BCUT2D eigenvalue weighted by Gasteiger charge is 2.27. The summed E-state index contributed by atoms with van der Waals surface area (Å²) in [5.41, 5.74) is 0.353. The van der Waals surface area contributed by atoms with Crippen LogP contribution in [0.4, 0.5) is 4.39 Å². The first-order valence-corrected chi connectivity index (χ1v) is 9.68. The van der Waals surface area contributed by atoms with E-state index < -0.39 is 15.8 Å². The second kappa shape index (κ2) is 7.09. The summed E-state index contributed by atoms with van der Waals surface area (Å²) < 4.78 is 41.1. The molecule has 7 heteroatoms. The molecule has 2 rings (SSSR count). The lowest BCUT2D eigenvalue weighted by molar-refractivity contribution is 0.281. The molecule has 0 bridgehead atoms. The fraction of sp³-hybridized carbons (Fsp3) is 0.571. The first kappa shape index (κ1) is 16.7. The average Bonchev–Trinajstić information content (AvgIpc) is 2.46. The largest absolute Gasteiger partial charge is 0.392 e. The highest BCUT2D eigenvalue weighted by molar-refractivity contribution is 7.99. The molecule has 0 heterocycles. The summed E-state index contributed by atoms with van der Waals surface area (Å²) in [7, 11) is -3.86. The maximum atomic E-state index is 13.9. The Labute approximate surface area is 129 Å². The highest BCUT2D eigenvalue weighted by Crippen LogP contribution is 2.28. The van der Waals surface area contributed by atoms with Crippen molar-refractivity contribution in [1.29, 1.82) is 0 Å². The Bertz CT molecular complexity index is 592. The van der Waals surface area contributed by atoms with Gasteiger partial charge in [0.2, 0.25) is 10.0 Å². The van der Waals surface area contributed by atoms with Gasteiger partial charge in [0, 0.05) is 11.3 Å². The van der Waals surface area contributed by atoms with Gasteiger partial charge in [-0.25, -0.2) is 17.5 Å². The normalized spacial score (nSPS) is 23.2. The van der Waals surface area contributed by atoms with E-state index in [1.165, 1.54) is 12.1 Å². The third kappa shape index (κ3) is 4.18. The monoisotopic (exact) mass is 333 g/mol. The van der Waals surface area contributed by atoms with Crippen LogP contribution in [0.15, 0.2) is 23.1 Å². The minimum atomic E-state index is -3.86. The summed E-state index contributed by atoms with van der Waals surface area (Å²) in [6.45, 7) is -0.317. The Morgan fingerprint density at radius 1 is 1.43 bits per heavy atom. The van der Waals surface area contributed by atoms with Gasteiger partial charge in [0.05, 0.1) is 6.61 Å². The Kier molecular flexibility index (Phi) is 5.65. The van der Waals surface area contributed by atoms with Gasteiger partial charge in [0.25, 0.3) is 0 Å². The highest BCUT2D eigenvalue weighted by atomic mass is 32.2. The van der Waals surface area contributed by atoms with Gasteiger partial charge in [-0.2, -0.15) is 11.8 Å². The molecule has 2 unspecified atom stereocenters. The number of hydrogen-bond donors (Lipinski definition) is 2. The van der Waals surface area contributed by atoms with Crippen LogP contribution in [-0.4, -0.2) is 31.1 Å². The van der Waals surface area contributed by atoms with Crippen LogP contribution in [0.1, 0.15) is 31.2 Å². The van der Waals surface area contributed by atoms with E-state index in [0.29, 0.717) is 10.8 Å². The quantitative estimate of drug-likeness (QED) is 0.867. The van der Waals surface area contributed by atoms with E-state index in [1.54, 1.807) is 11.8 Å². The zero-order valence-corrected chi connectivity index (χ0v) is 13.5. The van der Waals surface area contributed by atoms with Crippen molar-refractivity contribution in [3.63, 3.8) is 0 Å².